The zero-order valence-electron chi connectivity index (χ0n) is 18.5. The van der Waals surface area contributed by atoms with Crippen molar-refractivity contribution in [2.24, 2.45) is 39.6 Å². The van der Waals surface area contributed by atoms with Gasteiger partial charge >= 0.3 is 0 Å². The van der Waals surface area contributed by atoms with E-state index in [0.29, 0.717) is 35.0 Å². The summed E-state index contributed by atoms with van der Waals surface area (Å²) in [6.45, 7) is 4.83. The number of aliphatic hydroxyl groups is 2. The lowest BCUT2D eigenvalue weighted by Crippen LogP contribution is -2.62. The minimum absolute atomic E-state index is 0.0255. The lowest BCUT2D eigenvalue weighted by atomic mass is 9.43. The Morgan fingerprint density at radius 3 is 2.83 bits per heavy atom. The van der Waals surface area contributed by atoms with Crippen molar-refractivity contribution in [2.45, 2.75) is 89.8 Å². The Morgan fingerprint density at radius 2 is 2.03 bits per heavy atom. The van der Waals surface area contributed by atoms with E-state index in [0.717, 1.165) is 51.4 Å². The van der Waals surface area contributed by atoms with Crippen LogP contribution in [0.1, 0.15) is 78.1 Å². The van der Waals surface area contributed by atoms with Gasteiger partial charge in [-0.15, -0.1) is 0 Å². The first-order valence-corrected chi connectivity index (χ1v) is 12.0. The van der Waals surface area contributed by atoms with Gasteiger partial charge in [-0.1, -0.05) is 13.8 Å². The molecule has 0 aromatic carbocycles. The van der Waals surface area contributed by atoms with Gasteiger partial charge in [0.1, 0.15) is 0 Å². The summed E-state index contributed by atoms with van der Waals surface area (Å²) in [6, 6.07) is 0. The van der Waals surface area contributed by atoms with Crippen LogP contribution in [-0.2, 0) is 0 Å². The zero-order chi connectivity index (χ0) is 21.0. The fourth-order valence-electron chi connectivity index (χ4n) is 8.30. The topological polar surface area (TPSA) is 93.5 Å². The molecule has 6 heteroatoms. The molecule has 8 atom stereocenters. The van der Waals surface area contributed by atoms with Crippen LogP contribution in [0, 0.1) is 34.5 Å². The van der Waals surface area contributed by atoms with Crippen LogP contribution in [0.25, 0.3) is 0 Å². The van der Waals surface area contributed by atoms with Crippen LogP contribution in [0.4, 0.5) is 5.95 Å². The Hall–Kier alpha value is -1.40. The summed E-state index contributed by atoms with van der Waals surface area (Å²) in [4.78, 5) is 7.12. The summed E-state index contributed by atoms with van der Waals surface area (Å²) in [7, 11) is 0. The fourth-order valence-corrected chi connectivity index (χ4v) is 8.30. The lowest BCUT2D eigenvalue weighted by molar-refractivity contribution is -0.209. The molecule has 4 saturated carbocycles. The number of fused-ring (bicyclic) bond motifs is 5. The van der Waals surface area contributed by atoms with Crippen molar-refractivity contribution >= 4 is 12.2 Å². The second kappa shape index (κ2) is 7.33. The Kier molecular flexibility index (Phi) is 5.01. The molecule has 6 nitrogen and oxygen atoms in total. The highest BCUT2D eigenvalue weighted by Gasteiger charge is 2.66. The van der Waals surface area contributed by atoms with E-state index in [4.69, 9.17) is 0 Å². The number of H-pyrrole nitrogens is 1. The highest BCUT2D eigenvalue weighted by Crippen LogP contribution is 2.69. The number of aromatic nitrogens is 2. The van der Waals surface area contributed by atoms with Crippen LogP contribution in [0.5, 0.6) is 0 Å². The summed E-state index contributed by atoms with van der Waals surface area (Å²) in [5.74, 6) is 2.78. The van der Waals surface area contributed by atoms with Gasteiger partial charge in [0.05, 0.1) is 11.7 Å². The predicted octanol–water partition coefficient (Wildman–Crippen LogP) is 4.33. The Morgan fingerprint density at radius 1 is 1.17 bits per heavy atom. The molecular weight excluding hydrogens is 376 g/mol. The fraction of sp³-hybridized carbons (Fsp3) is 0.833. The minimum Gasteiger partial charge on any atom is -0.393 e. The minimum atomic E-state index is -0.549. The molecule has 5 rings (SSSR count). The smallest absolute Gasteiger partial charge is 0.220 e. The van der Waals surface area contributed by atoms with Gasteiger partial charge in [0.15, 0.2) is 0 Å². The van der Waals surface area contributed by atoms with E-state index >= 15 is 0 Å². The number of imidazole rings is 1. The number of nitrogens with one attached hydrogen (secondary N) is 2. The van der Waals surface area contributed by atoms with Gasteiger partial charge in [-0.05, 0) is 98.7 Å². The summed E-state index contributed by atoms with van der Waals surface area (Å²) in [5.41, 5.74) is 2.67. The molecule has 0 spiro atoms. The normalized spacial score (nSPS) is 48.2. The number of hydrogen-bond acceptors (Lipinski definition) is 5. The van der Waals surface area contributed by atoms with Crippen molar-refractivity contribution < 1.29 is 10.2 Å². The maximum absolute atomic E-state index is 12.2. The summed E-state index contributed by atoms with van der Waals surface area (Å²) < 4.78 is 0. The van der Waals surface area contributed by atoms with Gasteiger partial charge in [0.25, 0.3) is 0 Å². The molecule has 1 heterocycles. The molecule has 166 valence electrons. The van der Waals surface area contributed by atoms with Crippen LogP contribution in [0.15, 0.2) is 17.5 Å². The van der Waals surface area contributed by atoms with Gasteiger partial charge in [-0.25, -0.2) is 10.4 Å². The average molecular weight is 415 g/mol. The summed E-state index contributed by atoms with van der Waals surface area (Å²) in [6.07, 6.45) is 15.9. The first kappa shape index (κ1) is 20.5. The van der Waals surface area contributed by atoms with Crippen LogP contribution in [0.3, 0.4) is 0 Å². The van der Waals surface area contributed by atoms with E-state index in [1.165, 1.54) is 12.8 Å². The van der Waals surface area contributed by atoms with E-state index in [2.05, 4.69) is 34.3 Å². The number of anilines is 1. The van der Waals surface area contributed by atoms with Crippen molar-refractivity contribution in [1.82, 2.24) is 9.97 Å². The van der Waals surface area contributed by atoms with Gasteiger partial charge in [-0.3, -0.25) is 0 Å². The molecule has 4 aliphatic carbocycles. The summed E-state index contributed by atoms with van der Waals surface area (Å²) in [5, 5.41) is 26.7. The number of aliphatic hydroxyl groups excluding tert-OH is 1. The number of hydrazone groups is 1. The predicted molar refractivity (Wildman–Crippen MR) is 118 cm³/mol. The molecule has 4 N–H and O–H groups in total. The second-order valence-electron chi connectivity index (χ2n) is 11.1. The Bertz CT molecular complexity index is 782. The van der Waals surface area contributed by atoms with Crippen LogP contribution >= 0.6 is 0 Å². The third-order valence-electron chi connectivity index (χ3n) is 10.2. The van der Waals surface area contributed by atoms with Crippen LogP contribution in [-0.4, -0.2) is 38.1 Å². The van der Waals surface area contributed by atoms with Gasteiger partial charge < -0.3 is 15.2 Å². The zero-order valence-corrected chi connectivity index (χ0v) is 18.5. The van der Waals surface area contributed by atoms with Crippen molar-refractivity contribution in [3.8, 4) is 0 Å². The summed E-state index contributed by atoms with van der Waals surface area (Å²) >= 11 is 0. The Balaban J connectivity index is 1.31. The quantitative estimate of drug-likeness (QED) is 0.436. The molecule has 0 aliphatic heterocycles. The number of rotatable bonds is 4. The largest absolute Gasteiger partial charge is 0.393 e. The first-order chi connectivity index (χ1) is 14.4. The molecule has 0 amide bonds. The lowest BCUT2D eigenvalue weighted by Gasteiger charge is -2.63. The van der Waals surface area contributed by atoms with E-state index < -0.39 is 5.60 Å². The molecule has 0 radical (unpaired) electrons. The maximum Gasteiger partial charge on any atom is 0.220 e. The third kappa shape index (κ3) is 2.97. The van der Waals surface area contributed by atoms with Crippen molar-refractivity contribution in [2.75, 3.05) is 5.43 Å². The maximum atomic E-state index is 12.2. The molecule has 0 saturated heterocycles. The monoisotopic (exact) mass is 414 g/mol. The van der Waals surface area contributed by atoms with Crippen molar-refractivity contribution in [1.29, 1.82) is 0 Å². The van der Waals surface area contributed by atoms with Crippen molar-refractivity contribution in [3.63, 3.8) is 0 Å². The first-order valence-electron chi connectivity index (χ1n) is 12.0. The molecule has 1 aromatic heterocycles. The Labute approximate surface area is 180 Å². The molecule has 30 heavy (non-hydrogen) atoms. The molecule has 3 unspecified atom stereocenters. The average Bonchev–Trinajstić information content (AvgIpc) is 3.32. The number of aromatic amines is 1. The van der Waals surface area contributed by atoms with E-state index in [1.807, 2.05) is 6.21 Å². The van der Waals surface area contributed by atoms with Gasteiger partial charge in [0, 0.05) is 18.6 Å². The second-order valence-corrected chi connectivity index (χ2v) is 11.1. The number of nitrogens with zero attached hydrogens (tertiary/aromatic N) is 2. The van der Waals surface area contributed by atoms with Gasteiger partial charge in [-0.2, -0.15) is 5.10 Å². The van der Waals surface area contributed by atoms with Crippen LogP contribution in [0.2, 0.25) is 0 Å². The molecular formula is C24H38N4O2. The number of hydrogen-bond donors (Lipinski definition) is 4. The SMILES string of the molecule is C[C@]12CCC(O)CC1CC[C@@H]1[C@H]2CC[C@]2(C)C(C/C=N/Nc3ncc[nH]3)CC[C@@]12O. The van der Waals surface area contributed by atoms with E-state index in [1.54, 1.807) is 12.4 Å². The molecule has 4 fully saturated rings. The van der Waals surface area contributed by atoms with Crippen molar-refractivity contribution in [3.05, 3.63) is 12.4 Å². The van der Waals surface area contributed by atoms with Gasteiger partial charge in [0.2, 0.25) is 5.95 Å². The molecule has 1 aromatic rings. The molecule has 4 aliphatic rings. The highest BCUT2D eigenvalue weighted by molar-refractivity contribution is 5.59. The highest BCUT2D eigenvalue weighted by atomic mass is 16.3. The van der Waals surface area contributed by atoms with E-state index in [9.17, 15) is 10.2 Å². The van der Waals surface area contributed by atoms with Crippen LogP contribution < -0.4 is 5.43 Å². The third-order valence-corrected chi connectivity index (χ3v) is 10.2. The molecule has 0 bridgehead atoms. The van der Waals surface area contributed by atoms with E-state index in [-0.39, 0.29) is 11.5 Å². The standard InChI is InChI=1S/C24H38N4O2/c1-22-9-6-18(29)15-17(22)3-4-20-19(22)7-10-23(2)16(5-11-24(20,23)30)8-12-27-28-21-25-13-14-26-21/h12-14,16-20,29-30H,3-11,15H2,1-2H3,(H2,25,26,28)/b27-12+/t16?,17?,18?,19-,20-,22+,23-,24-/m1/s1.